The molecule has 12 nitrogen and oxygen atoms in total. The molecule has 0 spiro atoms. The number of para-hydroxylation sites is 1. The van der Waals surface area contributed by atoms with Crippen LogP contribution in [0.1, 0.15) is 37.7 Å². The molecule has 0 unspecified atom stereocenters. The van der Waals surface area contributed by atoms with Gasteiger partial charge >= 0.3 is 0 Å². The molecule has 4 N–H and O–H groups in total. The number of methoxy groups -OCH3 is 1. The maximum absolute atomic E-state index is 13.0. The quantitative estimate of drug-likeness (QED) is 0.0873. The lowest BCUT2D eigenvalue weighted by Gasteiger charge is -2.13. The summed E-state index contributed by atoms with van der Waals surface area (Å²) in [6.45, 7) is -0.361. The molecule has 0 saturated carbocycles. The van der Waals surface area contributed by atoms with Gasteiger partial charge in [-0.25, -0.2) is 26.8 Å². The summed E-state index contributed by atoms with van der Waals surface area (Å²) in [4.78, 5) is 33.0. The Bertz CT molecular complexity index is 2760. The standard InChI is InChI=1S/C19H13Cl3N2O4S.C13H11ClN2O2.C6H3Cl3O2S/c20-12-7-17(24-29(27,28)13-5-6-15(21)16(22)8-13)18(23-9-12)19(26)14-4-2-1-3-11(14)10-25;1-18-11-5-3-2-4-9(11)13(17)12-10(15)6-8(14)7-16-12;7-5-2-1-4(3-6(5)8)12(9,10)11/h1-9,24-25H,10H2;2-7H,15H2,1H3;1-3H. The number of sulfonamides is 1. The highest BCUT2D eigenvalue weighted by molar-refractivity contribution is 8.13. The number of pyridine rings is 2. The van der Waals surface area contributed by atoms with Gasteiger partial charge in [0.1, 0.15) is 17.1 Å². The summed E-state index contributed by atoms with van der Waals surface area (Å²) >= 11 is 34.6. The van der Waals surface area contributed by atoms with Crippen molar-refractivity contribution in [1.82, 2.24) is 9.97 Å². The molecule has 0 aliphatic carbocycles. The van der Waals surface area contributed by atoms with E-state index < -0.39 is 24.9 Å². The summed E-state index contributed by atoms with van der Waals surface area (Å²) in [6.07, 6.45) is 2.62. The number of benzene rings is 4. The number of carbonyl (C=O) groups excluding carboxylic acids is 2. The topological polar surface area (TPSA) is 196 Å². The van der Waals surface area contributed by atoms with Crippen LogP contribution in [-0.4, -0.2) is 50.6 Å². The minimum Gasteiger partial charge on any atom is -0.496 e. The molecule has 0 aliphatic rings. The van der Waals surface area contributed by atoms with Gasteiger partial charge in [0.2, 0.25) is 11.6 Å². The predicted molar refractivity (Wildman–Crippen MR) is 232 cm³/mol. The Balaban J connectivity index is 0.000000217. The van der Waals surface area contributed by atoms with E-state index in [0.717, 1.165) is 0 Å². The second-order valence-corrected chi connectivity index (χ2v) is 18.3. The van der Waals surface area contributed by atoms with Crippen LogP contribution in [0.2, 0.25) is 30.1 Å². The largest absolute Gasteiger partial charge is 0.496 e. The van der Waals surface area contributed by atoms with Crippen molar-refractivity contribution in [3.63, 3.8) is 0 Å². The number of aromatic nitrogens is 2. The molecule has 0 atom stereocenters. The minimum atomic E-state index is -4.12. The number of nitrogens with zero attached hydrogens (tertiary/aromatic N) is 2. The number of nitrogens with two attached hydrogens (primary N) is 1. The van der Waals surface area contributed by atoms with Crippen molar-refractivity contribution in [2.75, 3.05) is 17.6 Å². The number of carbonyl (C=O) groups is 2. The lowest BCUT2D eigenvalue weighted by Crippen LogP contribution is -2.17. The van der Waals surface area contributed by atoms with Gasteiger partial charge in [0.05, 0.1) is 70.6 Å². The molecule has 2 aromatic heterocycles. The number of aliphatic hydroxyl groups excluding tert-OH is 1. The van der Waals surface area contributed by atoms with E-state index in [1.165, 1.54) is 74.1 Å². The van der Waals surface area contributed by atoms with Gasteiger partial charge in [-0.3, -0.25) is 14.3 Å². The van der Waals surface area contributed by atoms with E-state index in [9.17, 15) is 31.5 Å². The van der Waals surface area contributed by atoms with Gasteiger partial charge in [0.15, 0.2) is 0 Å². The average molecular weight is 980 g/mol. The highest BCUT2D eigenvalue weighted by Gasteiger charge is 2.24. The number of halogens is 7. The third kappa shape index (κ3) is 12.7. The maximum Gasteiger partial charge on any atom is 0.262 e. The molecular weight excluding hydrogens is 953 g/mol. The zero-order chi connectivity index (χ0) is 43.7. The van der Waals surface area contributed by atoms with Gasteiger partial charge < -0.3 is 15.6 Å². The van der Waals surface area contributed by atoms with Crippen LogP contribution in [0.3, 0.4) is 0 Å². The Hall–Kier alpha value is -4.19. The number of rotatable bonds is 10. The molecule has 0 radical (unpaired) electrons. The van der Waals surface area contributed by atoms with E-state index in [1.807, 2.05) is 0 Å². The van der Waals surface area contributed by atoms with Crippen LogP contribution in [0.4, 0.5) is 11.4 Å². The molecule has 2 heterocycles. The van der Waals surface area contributed by atoms with E-state index >= 15 is 0 Å². The van der Waals surface area contributed by atoms with E-state index in [0.29, 0.717) is 26.9 Å². The Morgan fingerprint density at radius 3 is 1.75 bits per heavy atom. The van der Waals surface area contributed by atoms with Crippen molar-refractivity contribution in [3.8, 4) is 5.75 Å². The number of ketones is 2. The fraction of sp³-hybridized carbons (Fsp3) is 0.0526. The molecule has 59 heavy (non-hydrogen) atoms. The van der Waals surface area contributed by atoms with Crippen LogP contribution in [-0.2, 0) is 25.7 Å². The number of ether oxygens (including phenoxy) is 1. The molecule has 6 rings (SSSR count). The van der Waals surface area contributed by atoms with E-state index in [-0.39, 0.29) is 70.6 Å². The summed E-state index contributed by atoms with van der Waals surface area (Å²) in [6, 6.07) is 23.8. The lowest BCUT2D eigenvalue weighted by molar-refractivity contribution is 0.102. The molecule has 21 heteroatoms. The van der Waals surface area contributed by atoms with Crippen molar-refractivity contribution in [1.29, 1.82) is 0 Å². The second kappa shape index (κ2) is 20.9. The third-order valence-electron chi connectivity index (χ3n) is 7.57. The lowest BCUT2D eigenvalue weighted by atomic mass is 10.0. The van der Waals surface area contributed by atoms with Gasteiger partial charge in [0, 0.05) is 28.6 Å². The Labute approximate surface area is 373 Å². The molecule has 0 fully saturated rings. The molecule has 0 amide bonds. The van der Waals surface area contributed by atoms with Crippen molar-refractivity contribution in [2.45, 2.75) is 16.4 Å². The molecule has 4 aromatic carbocycles. The molecule has 0 bridgehead atoms. The predicted octanol–water partition coefficient (Wildman–Crippen LogP) is 10.0. The zero-order valence-corrected chi connectivity index (χ0v) is 36.8. The van der Waals surface area contributed by atoms with Gasteiger partial charge in [-0.15, -0.1) is 0 Å². The number of anilines is 2. The minimum absolute atomic E-state index is 0.0569. The van der Waals surface area contributed by atoms with E-state index in [4.69, 9.17) is 90.8 Å². The van der Waals surface area contributed by atoms with Gasteiger partial charge in [0.25, 0.3) is 19.1 Å². The maximum atomic E-state index is 13.0. The van der Waals surface area contributed by atoms with Crippen molar-refractivity contribution >= 4 is 122 Å². The molecule has 0 aliphatic heterocycles. The Morgan fingerprint density at radius 2 is 1.19 bits per heavy atom. The monoisotopic (exact) mass is 976 g/mol. The van der Waals surface area contributed by atoms with Gasteiger partial charge in [-0.1, -0.05) is 106 Å². The zero-order valence-electron chi connectivity index (χ0n) is 29.8. The van der Waals surface area contributed by atoms with Crippen LogP contribution in [0.5, 0.6) is 5.75 Å². The number of aliphatic hydroxyl groups is 1. The molecule has 308 valence electrons. The van der Waals surface area contributed by atoms with Crippen molar-refractivity contribution < 1.29 is 36.3 Å². The average Bonchev–Trinajstić information content (AvgIpc) is 3.19. The first-order valence-electron chi connectivity index (χ1n) is 16.1. The first kappa shape index (κ1) is 47.5. The number of nitrogen functional groups attached to an aromatic ring is 1. The van der Waals surface area contributed by atoms with E-state index in [2.05, 4.69) is 14.7 Å². The fourth-order valence-electron chi connectivity index (χ4n) is 4.79. The molecule has 0 saturated heterocycles. The second-order valence-electron chi connectivity index (χ2n) is 11.5. The van der Waals surface area contributed by atoms with Gasteiger partial charge in [-0.2, -0.15) is 0 Å². The number of hydrogen-bond acceptors (Lipinski definition) is 11. The van der Waals surface area contributed by atoms with Crippen LogP contribution >= 0.6 is 80.3 Å². The summed E-state index contributed by atoms with van der Waals surface area (Å²) in [5, 5.41) is 10.7. The summed E-state index contributed by atoms with van der Waals surface area (Å²) in [7, 11) is -1.27. The van der Waals surface area contributed by atoms with Crippen LogP contribution in [0.25, 0.3) is 0 Å². The normalized spacial score (nSPS) is 11.0. The number of hydrogen-bond donors (Lipinski definition) is 3. The SMILES string of the molecule is COc1ccccc1C(=O)c1ncc(Cl)cc1N.O=C(c1ccccc1CO)c1ncc(Cl)cc1NS(=O)(=O)c1ccc(Cl)c(Cl)c1.O=S(=O)(Cl)c1ccc(Cl)c(Cl)c1. The summed E-state index contributed by atoms with van der Waals surface area (Å²) in [5.41, 5.74) is 6.88. The van der Waals surface area contributed by atoms with Crippen molar-refractivity contribution in [3.05, 3.63) is 168 Å². The van der Waals surface area contributed by atoms with E-state index in [1.54, 1.807) is 42.5 Å². The van der Waals surface area contributed by atoms with Crippen molar-refractivity contribution in [2.24, 2.45) is 0 Å². The highest BCUT2D eigenvalue weighted by Crippen LogP contribution is 2.30. The van der Waals surface area contributed by atoms with Crippen LogP contribution < -0.4 is 15.2 Å². The molecule has 6 aromatic rings. The Morgan fingerprint density at radius 1 is 0.678 bits per heavy atom. The summed E-state index contributed by atoms with van der Waals surface area (Å²) in [5.74, 6) is -0.376. The molecular formula is C38H27Cl7N4O8S2. The first-order valence-corrected chi connectivity index (χ1v) is 22.2. The smallest absolute Gasteiger partial charge is 0.262 e. The first-order chi connectivity index (χ1) is 27.8. The highest BCUT2D eigenvalue weighted by atomic mass is 35.7. The fourth-order valence-corrected chi connectivity index (χ4v) is 7.70. The third-order valence-corrected chi connectivity index (χ3v) is 12.2. The van der Waals surface area contributed by atoms with Crippen LogP contribution in [0, 0.1) is 0 Å². The Kier molecular flexibility index (Phi) is 16.8. The van der Waals surface area contributed by atoms with Gasteiger partial charge in [-0.05, 0) is 66.2 Å². The number of nitrogens with one attached hydrogen (secondary N) is 1. The summed E-state index contributed by atoms with van der Waals surface area (Å²) < 4.78 is 54.5. The van der Waals surface area contributed by atoms with Crippen LogP contribution in [0.15, 0.2) is 119 Å².